The summed E-state index contributed by atoms with van der Waals surface area (Å²) in [5, 5.41) is 23.9. The van der Waals surface area contributed by atoms with Crippen molar-refractivity contribution in [2.24, 2.45) is 5.92 Å². The number of rotatable bonds is 7. The van der Waals surface area contributed by atoms with E-state index in [0.29, 0.717) is 17.4 Å². The van der Waals surface area contributed by atoms with Crippen molar-refractivity contribution in [3.63, 3.8) is 0 Å². The Morgan fingerprint density at radius 1 is 0.627 bits per heavy atom. The minimum atomic E-state index is -0.363. The lowest BCUT2D eigenvalue weighted by Gasteiger charge is -2.41. The fourth-order valence-electron chi connectivity index (χ4n) is 14.4. The third kappa shape index (κ3) is 7.48. The topological polar surface area (TPSA) is 71.3 Å². The van der Waals surface area contributed by atoms with Crippen LogP contribution in [0.5, 0.6) is 0 Å². The van der Waals surface area contributed by atoms with Crippen LogP contribution in [-0.2, 0) is 6.42 Å². The maximum Gasteiger partial charge on any atom is 0.101 e. The number of hydrogen-bond acceptors (Lipinski definition) is 6. The van der Waals surface area contributed by atoms with Crippen molar-refractivity contribution in [3.05, 3.63) is 244 Å². The van der Waals surface area contributed by atoms with Crippen molar-refractivity contribution in [3.8, 4) is 22.9 Å². The van der Waals surface area contributed by atoms with Gasteiger partial charge in [-0.25, -0.2) is 0 Å². The van der Waals surface area contributed by atoms with E-state index in [-0.39, 0.29) is 42.4 Å². The zero-order chi connectivity index (χ0) is 50.5. The quantitative estimate of drug-likeness (QED) is 0.138. The SMILES string of the molecule is CC1=Cc2c3c(n(-c4cc(N5c6ccc7c(c6C6C=CC=CC65)N(c5ccccc5)C5C=CCCC75)c(C#N)cc4C4NC(c5ccccc5)NC(c5ccc(-c6ccccc6)cc5)N4)c2C(C)C1)C(C)=CC(C)C3. The highest BCUT2D eigenvalue weighted by Gasteiger charge is 2.48. The van der Waals surface area contributed by atoms with Gasteiger partial charge in [0.1, 0.15) is 6.07 Å². The second-order valence-electron chi connectivity index (χ2n) is 22.2. The molecule has 7 nitrogen and oxygen atoms in total. The molecule has 9 atom stereocenters. The van der Waals surface area contributed by atoms with E-state index in [4.69, 9.17) is 0 Å². The van der Waals surface area contributed by atoms with Gasteiger partial charge in [0.15, 0.2) is 0 Å². The van der Waals surface area contributed by atoms with E-state index in [0.717, 1.165) is 53.7 Å². The zero-order valence-corrected chi connectivity index (χ0v) is 43.2. The van der Waals surface area contributed by atoms with Crippen LogP contribution < -0.4 is 25.8 Å². The number of allylic oxidation sites excluding steroid dienone is 6. The minimum Gasteiger partial charge on any atom is -0.333 e. The third-order valence-electron chi connectivity index (χ3n) is 17.4. The van der Waals surface area contributed by atoms with Gasteiger partial charge in [-0.2, -0.15) is 5.26 Å². The van der Waals surface area contributed by atoms with E-state index in [1.807, 2.05) is 0 Å². The molecule has 75 heavy (non-hydrogen) atoms. The van der Waals surface area contributed by atoms with Gasteiger partial charge in [-0.3, -0.25) is 16.0 Å². The van der Waals surface area contributed by atoms with E-state index in [9.17, 15) is 5.26 Å². The molecule has 14 rings (SSSR count). The first-order valence-corrected chi connectivity index (χ1v) is 27.3. The maximum atomic E-state index is 11.8. The van der Waals surface area contributed by atoms with Crippen LogP contribution in [0.25, 0.3) is 28.5 Å². The number of nitrogens with one attached hydrogen (secondary N) is 3. The van der Waals surface area contributed by atoms with Gasteiger partial charge in [0, 0.05) is 45.9 Å². The molecule has 0 bridgehead atoms. The lowest BCUT2D eigenvalue weighted by atomic mass is 9.84. The van der Waals surface area contributed by atoms with Gasteiger partial charge < -0.3 is 14.4 Å². The molecule has 370 valence electrons. The molecule has 3 N–H and O–H groups in total. The lowest BCUT2D eigenvalue weighted by molar-refractivity contribution is 0.203. The molecule has 0 radical (unpaired) electrons. The van der Waals surface area contributed by atoms with E-state index in [1.54, 1.807) is 0 Å². The summed E-state index contributed by atoms with van der Waals surface area (Å²) in [7, 11) is 0. The van der Waals surface area contributed by atoms with Gasteiger partial charge >= 0.3 is 0 Å². The maximum absolute atomic E-state index is 11.8. The van der Waals surface area contributed by atoms with Crippen LogP contribution in [0.2, 0.25) is 0 Å². The predicted molar refractivity (Wildman–Crippen MR) is 307 cm³/mol. The Labute approximate surface area is 441 Å². The summed E-state index contributed by atoms with van der Waals surface area (Å²) in [6.45, 7) is 9.39. The predicted octanol–water partition coefficient (Wildman–Crippen LogP) is 15.4. The number of nitriles is 1. The van der Waals surface area contributed by atoms with Crippen LogP contribution in [0.4, 0.5) is 22.7 Å². The fraction of sp³-hybridized carbons (Fsp3) is 0.250. The number of fused-ring (bicyclic) bond motifs is 10. The van der Waals surface area contributed by atoms with Crippen molar-refractivity contribution < 1.29 is 0 Å². The summed E-state index contributed by atoms with van der Waals surface area (Å²) in [6, 6.07) is 53.8. The highest BCUT2D eigenvalue weighted by Crippen LogP contribution is 2.60. The molecule has 0 spiro atoms. The number of nitrogens with zero attached hydrogens (tertiary/aromatic N) is 4. The average molecular weight is 978 g/mol. The standard InChI is InChI=1S/C68H63N7/c1-41-34-43(3)63-54(36-41)55-37-42(2)35-44(4)64(55)75(63)61-39-60(74-58-27-17-15-25-53(58)62-59(74)33-32-52-51-24-14-16-26-57(51)73(65(52)62)50-22-12-7-13-23-50)49(40-69)38-56(61)68-71-66(47-20-10-6-11-21-47)70-67(72-68)48-30-28-46(29-31-48)45-18-8-5-9-19-45/h5-13,15-23,25-34,37-39,41,44,51,53,57-58,66-68,70-72H,14,24,35-36H2,1-4H3. The molecule has 0 saturated carbocycles. The molecule has 0 amide bonds. The zero-order valence-electron chi connectivity index (χ0n) is 43.2. The third-order valence-corrected chi connectivity index (χ3v) is 17.4. The largest absolute Gasteiger partial charge is 0.333 e. The smallest absolute Gasteiger partial charge is 0.101 e. The minimum absolute atomic E-state index is 0.0293. The van der Waals surface area contributed by atoms with E-state index in [1.165, 1.54) is 73.0 Å². The molecule has 7 aromatic rings. The van der Waals surface area contributed by atoms with Crippen LogP contribution in [0, 0.1) is 17.2 Å². The Hall–Kier alpha value is -7.73. The lowest BCUT2D eigenvalue weighted by Crippen LogP contribution is -2.54. The Morgan fingerprint density at radius 2 is 1.32 bits per heavy atom. The molecule has 9 unspecified atom stereocenters. The van der Waals surface area contributed by atoms with E-state index < -0.39 is 0 Å². The van der Waals surface area contributed by atoms with Crippen molar-refractivity contribution in [1.82, 2.24) is 20.5 Å². The number of benzene rings is 6. The molecular weight excluding hydrogens is 915 g/mol. The normalized spacial score (nSPS) is 25.8. The molecule has 7 heteroatoms. The monoisotopic (exact) mass is 978 g/mol. The second kappa shape index (κ2) is 18.3. The molecule has 4 aliphatic carbocycles. The highest BCUT2D eigenvalue weighted by atomic mass is 15.4. The first kappa shape index (κ1) is 45.9. The highest BCUT2D eigenvalue weighted by molar-refractivity contribution is 5.90. The van der Waals surface area contributed by atoms with Crippen molar-refractivity contribution in [1.29, 1.82) is 5.26 Å². The van der Waals surface area contributed by atoms with Crippen molar-refractivity contribution >= 4 is 34.4 Å². The van der Waals surface area contributed by atoms with Crippen LogP contribution in [0.15, 0.2) is 188 Å². The van der Waals surface area contributed by atoms with Gasteiger partial charge in [0.05, 0.1) is 58.9 Å². The fourth-order valence-corrected chi connectivity index (χ4v) is 14.4. The van der Waals surface area contributed by atoms with Gasteiger partial charge in [-0.1, -0.05) is 177 Å². The second-order valence-corrected chi connectivity index (χ2v) is 22.2. The molecule has 7 aliphatic rings. The van der Waals surface area contributed by atoms with Crippen LogP contribution in [0.3, 0.4) is 0 Å². The number of anilines is 4. The van der Waals surface area contributed by atoms with Crippen molar-refractivity contribution in [2.45, 2.75) is 102 Å². The van der Waals surface area contributed by atoms with Crippen molar-refractivity contribution in [2.75, 3.05) is 9.80 Å². The van der Waals surface area contributed by atoms with Gasteiger partial charge in [-0.15, -0.1) is 0 Å². The average Bonchev–Trinajstić information content (AvgIpc) is 4.19. The van der Waals surface area contributed by atoms with Gasteiger partial charge in [0.25, 0.3) is 0 Å². The van der Waals surface area contributed by atoms with E-state index in [2.05, 4.69) is 252 Å². The molecule has 1 fully saturated rings. The summed E-state index contributed by atoms with van der Waals surface area (Å²) in [5.41, 5.74) is 23.1. The molecule has 3 aliphatic heterocycles. The first-order chi connectivity index (χ1) is 36.8. The number of aromatic nitrogens is 1. The number of para-hydroxylation sites is 1. The molecule has 1 aromatic heterocycles. The molecule has 1 saturated heterocycles. The summed E-state index contributed by atoms with van der Waals surface area (Å²) in [4.78, 5) is 5.16. The molecular formula is C68H63N7. The Morgan fingerprint density at radius 3 is 2.08 bits per heavy atom. The summed E-state index contributed by atoms with van der Waals surface area (Å²) < 4.78 is 2.64. The van der Waals surface area contributed by atoms with E-state index >= 15 is 0 Å². The Balaban J connectivity index is 0.993. The first-order valence-electron chi connectivity index (χ1n) is 27.3. The van der Waals surface area contributed by atoms with Gasteiger partial charge in [0.2, 0.25) is 0 Å². The summed E-state index contributed by atoms with van der Waals surface area (Å²) in [5.74, 6) is 1.20. The van der Waals surface area contributed by atoms with Crippen LogP contribution in [0.1, 0.15) is 139 Å². The van der Waals surface area contributed by atoms with Crippen LogP contribution >= 0.6 is 0 Å². The van der Waals surface area contributed by atoms with Gasteiger partial charge in [-0.05, 0) is 120 Å². The Bertz CT molecular complexity index is 3590. The Kier molecular flexibility index (Phi) is 11.2. The summed E-state index contributed by atoms with van der Waals surface area (Å²) in [6.07, 6.45) is 22.4. The number of hydrogen-bond donors (Lipinski definition) is 3. The molecule has 4 heterocycles. The molecule has 6 aromatic carbocycles. The summed E-state index contributed by atoms with van der Waals surface area (Å²) >= 11 is 0. The van der Waals surface area contributed by atoms with Crippen LogP contribution in [-0.4, -0.2) is 16.7 Å².